The van der Waals surface area contributed by atoms with Gasteiger partial charge in [0.15, 0.2) is 11.5 Å². The summed E-state index contributed by atoms with van der Waals surface area (Å²) >= 11 is 0. The molecule has 6 nitrogen and oxygen atoms in total. The van der Waals surface area contributed by atoms with Gasteiger partial charge in [0.25, 0.3) is 0 Å². The molecule has 2 rings (SSSR count). The molecule has 0 spiro atoms. The summed E-state index contributed by atoms with van der Waals surface area (Å²) in [5, 5.41) is 12.9. The zero-order chi connectivity index (χ0) is 11.4. The Kier molecular flexibility index (Phi) is 3.14. The topological polar surface area (TPSA) is 87.5 Å². The van der Waals surface area contributed by atoms with Crippen LogP contribution < -0.4 is 9.47 Å². The maximum absolute atomic E-state index is 9.55. The minimum absolute atomic E-state index is 0.0743. The zero-order valence-corrected chi connectivity index (χ0v) is 8.54. The summed E-state index contributed by atoms with van der Waals surface area (Å²) in [6.45, 7) is 0.311. The summed E-state index contributed by atoms with van der Waals surface area (Å²) in [5.74, 6) is 1.40. The normalized spacial score (nSPS) is 14.3. The molecule has 1 heterocycles. The Morgan fingerprint density at radius 1 is 1.44 bits per heavy atom. The molecule has 1 aromatic rings. The molecule has 0 aromatic heterocycles. The summed E-state index contributed by atoms with van der Waals surface area (Å²) in [6.07, 6.45) is -0.244. The van der Waals surface area contributed by atoms with Gasteiger partial charge in [0.05, 0.1) is 12.6 Å². The molecule has 0 bridgehead atoms. The molecule has 0 amide bonds. The van der Waals surface area contributed by atoms with Gasteiger partial charge in [0.2, 0.25) is 6.79 Å². The molecule has 1 aliphatic rings. The Morgan fingerprint density at radius 2 is 2.25 bits per heavy atom. The monoisotopic (exact) mass is 221 g/mol. The van der Waals surface area contributed by atoms with Crippen LogP contribution in [0.25, 0.3) is 10.4 Å². The lowest BCUT2D eigenvalue weighted by Gasteiger charge is -2.07. The SMILES string of the molecule is [N-]=[N+]=NCC(O)Cc1ccc2c(c1)OCO2. The van der Waals surface area contributed by atoms with Crippen LogP contribution in [-0.4, -0.2) is 24.5 Å². The van der Waals surface area contributed by atoms with E-state index in [0.717, 1.165) is 5.56 Å². The molecule has 1 unspecified atom stereocenters. The number of benzene rings is 1. The first kappa shape index (κ1) is 10.6. The first-order chi connectivity index (χ1) is 7.79. The van der Waals surface area contributed by atoms with Crippen LogP contribution in [0.2, 0.25) is 0 Å². The Bertz CT molecular complexity index is 429. The molecule has 0 aliphatic carbocycles. The number of aliphatic hydroxyl groups is 1. The van der Waals surface area contributed by atoms with Gasteiger partial charge in [-0.1, -0.05) is 11.2 Å². The molecule has 0 radical (unpaired) electrons. The number of fused-ring (bicyclic) bond motifs is 1. The lowest BCUT2D eigenvalue weighted by atomic mass is 10.1. The van der Waals surface area contributed by atoms with Crippen LogP contribution in [-0.2, 0) is 6.42 Å². The fourth-order valence-corrected chi connectivity index (χ4v) is 1.54. The third-order valence-corrected chi connectivity index (χ3v) is 2.26. The van der Waals surface area contributed by atoms with Crippen molar-refractivity contribution in [2.45, 2.75) is 12.5 Å². The van der Waals surface area contributed by atoms with Crippen LogP contribution in [0.5, 0.6) is 11.5 Å². The van der Waals surface area contributed by atoms with Crippen molar-refractivity contribution in [1.82, 2.24) is 0 Å². The van der Waals surface area contributed by atoms with Crippen LogP contribution in [0, 0.1) is 0 Å². The molecule has 0 saturated heterocycles. The predicted octanol–water partition coefficient (Wildman–Crippen LogP) is 1.63. The number of aliphatic hydroxyl groups excluding tert-OH is 1. The van der Waals surface area contributed by atoms with Gasteiger partial charge in [-0.25, -0.2) is 0 Å². The molecule has 0 saturated carbocycles. The van der Waals surface area contributed by atoms with Crippen LogP contribution in [0.3, 0.4) is 0 Å². The van der Waals surface area contributed by atoms with Gasteiger partial charge in [-0.3, -0.25) is 0 Å². The number of hydrogen-bond acceptors (Lipinski definition) is 4. The second kappa shape index (κ2) is 4.74. The average molecular weight is 221 g/mol. The smallest absolute Gasteiger partial charge is 0.231 e. The highest BCUT2D eigenvalue weighted by atomic mass is 16.7. The van der Waals surface area contributed by atoms with Crippen molar-refractivity contribution in [3.63, 3.8) is 0 Å². The van der Waals surface area contributed by atoms with Gasteiger partial charge in [0.1, 0.15) is 0 Å². The number of azide groups is 1. The second-order valence-corrected chi connectivity index (χ2v) is 3.46. The van der Waals surface area contributed by atoms with Crippen molar-refractivity contribution in [2.24, 2.45) is 5.11 Å². The number of ether oxygens (including phenoxy) is 2. The van der Waals surface area contributed by atoms with E-state index in [4.69, 9.17) is 15.0 Å². The van der Waals surface area contributed by atoms with Gasteiger partial charge in [-0.15, -0.1) is 0 Å². The fourth-order valence-electron chi connectivity index (χ4n) is 1.54. The molecular formula is C10H11N3O3. The highest BCUT2D eigenvalue weighted by Gasteiger charge is 2.14. The Labute approximate surface area is 92.0 Å². The van der Waals surface area contributed by atoms with Gasteiger partial charge in [-0.05, 0) is 29.6 Å². The third-order valence-electron chi connectivity index (χ3n) is 2.26. The maximum Gasteiger partial charge on any atom is 0.231 e. The zero-order valence-electron chi connectivity index (χ0n) is 8.54. The largest absolute Gasteiger partial charge is 0.454 e. The summed E-state index contributed by atoms with van der Waals surface area (Å²) in [6, 6.07) is 5.48. The van der Waals surface area contributed by atoms with Gasteiger partial charge < -0.3 is 14.6 Å². The molecular weight excluding hydrogens is 210 g/mol. The molecule has 84 valence electrons. The highest BCUT2D eigenvalue weighted by Crippen LogP contribution is 2.32. The van der Waals surface area contributed by atoms with Crippen molar-refractivity contribution >= 4 is 0 Å². The van der Waals surface area contributed by atoms with Crippen molar-refractivity contribution in [1.29, 1.82) is 0 Å². The molecule has 1 atom stereocenters. The number of nitrogens with zero attached hydrogens (tertiary/aromatic N) is 3. The van der Waals surface area contributed by atoms with E-state index < -0.39 is 6.10 Å². The van der Waals surface area contributed by atoms with Gasteiger partial charge >= 0.3 is 0 Å². The van der Waals surface area contributed by atoms with Gasteiger partial charge in [-0.2, -0.15) is 0 Å². The summed E-state index contributed by atoms with van der Waals surface area (Å²) in [4.78, 5) is 2.60. The lowest BCUT2D eigenvalue weighted by Crippen LogP contribution is -2.13. The predicted molar refractivity (Wildman–Crippen MR) is 56.3 cm³/mol. The van der Waals surface area contributed by atoms with Crippen molar-refractivity contribution in [3.05, 3.63) is 34.2 Å². The van der Waals surface area contributed by atoms with Crippen LogP contribution in [0.15, 0.2) is 23.3 Å². The van der Waals surface area contributed by atoms with E-state index >= 15 is 0 Å². The highest BCUT2D eigenvalue weighted by molar-refractivity contribution is 5.44. The average Bonchev–Trinajstić information content (AvgIpc) is 2.73. The van der Waals surface area contributed by atoms with E-state index in [1.165, 1.54) is 0 Å². The Balaban J connectivity index is 2.02. The summed E-state index contributed by atoms with van der Waals surface area (Å²) in [7, 11) is 0. The van der Waals surface area contributed by atoms with Gasteiger partial charge in [0, 0.05) is 4.91 Å². The third kappa shape index (κ3) is 2.36. The van der Waals surface area contributed by atoms with Crippen LogP contribution >= 0.6 is 0 Å². The summed E-state index contributed by atoms with van der Waals surface area (Å²) in [5.41, 5.74) is 9.04. The first-order valence-corrected chi connectivity index (χ1v) is 4.87. The minimum Gasteiger partial charge on any atom is -0.454 e. The van der Waals surface area contributed by atoms with Crippen molar-refractivity contribution < 1.29 is 14.6 Å². The van der Waals surface area contributed by atoms with Crippen LogP contribution in [0.4, 0.5) is 0 Å². The van der Waals surface area contributed by atoms with Crippen LogP contribution in [0.1, 0.15) is 5.56 Å². The quantitative estimate of drug-likeness (QED) is 0.476. The summed E-state index contributed by atoms with van der Waals surface area (Å²) < 4.78 is 10.4. The minimum atomic E-state index is -0.670. The van der Waals surface area contributed by atoms with E-state index in [0.29, 0.717) is 17.9 Å². The lowest BCUT2D eigenvalue weighted by molar-refractivity contribution is 0.173. The Morgan fingerprint density at radius 3 is 3.06 bits per heavy atom. The number of rotatable bonds is 4. The van der Waals surface area contributed by atoms with Crippen molar-refractivity contribution in [2.75, 3.05) is 13.3 Å². The Hall–Kier alpha value is -1.91. The van der Waals surface area contributed by atoms with Crippen molar-refractivity contribution in [3.8, 4) is 11.5 Å². The molecule has 6 heteroatoms. The van der Waals surface area contributed by atoms with E-state index in [2.05, 4.69) is 10.0 Å². The number of hydrogen-bond donors (Lipinski definition) is 1. The molecule has 0 fully saturated rings. The van der Waals surface area contributed by atoms with E-state index in [9.17, 15) is 5.11 Å². The molecule has 1 N–H and O–H groups in total. The molecule has 1 aliphatic heterocycles. The standard InChI is InChI=1S/C10H11N3O3/c11-13-12-5-8(14)3-7-1-2-9-10(4-7)16-6-15-9/h1-2,4,8,14H,3,5-6H2. The van der Waals surface area contributed by atoms with E-state index in [1.54, 1.807) is 6.07 Å². The maximum atomic E-state index is 9.55. The van der Waals surface area contributed by atoms with E-state index in [-0.39, 0.29) is 13.3 Å². The molecule has 16 heavy (non-hydrogen) atoms. The fraction of sp³-hybridized carbons (Fsp3) is 0.400. The molecule has 1 aromatic carbocycles. The first-order valence-electron chi connectivity index (χ1n) is 4.87. The van der Waals surface area contributed by atoms with E-state index in [1.807, 2.05) is 12.1 Å². The second-order valence-electron chi connectivity index (χ2n) is 3.46.